The molecule has 0 spiro atoms. The SMILES string of the molecule is CO[Si](C)([SiH3])[Si](O[SiH2]O)([SiH](C)O)[SiH](C)C[Si](C)([SiH3])O[Si](O[Si](=O)O[SiH3])(O[Si](O[SiH3])(O[SiH3])O[SiH3])O[Si](OO[Si](O[Si](O[SiH3])(O[SiH3])O[SiH3])(O[Si](O[SiH3])(O[SiH3])O[SiH3])O[Si](O[SiH3])(O[SiH3])O[SiH3])(O[Si](O[SiH3])(O[SiH3])O[SiH2]C)O[Si](O[Si](O[SiH3])(O[SiH3])O[SiH3])(O[Si](O[SiH3])(O[SiH3])O[SiH3])O[Si](O[SiH3])(O[SiH3])O[SiH3]. The zero-order chi connectivity index (χ0) is 75.3. The summed E-state index contributed by atoms with van der Waals surface area (Å²) in [5.74, 6) is 0. The summed E-state index contributed by atoms with van der Waals surface area (Å²) in [5.41, 5.74) is 0.252. The first-order valence-electron chi connectivity index (χ1n) is 28.0. The highest BCUT2D eigenvalue weighted by Gasteiger charge is 2.80. The van der Waals surface area contributed by atoms with Crippen LogP contribution in [0, 0.1) is 0 Å². The van der Waals surface area contributed by atoms with Crippen molar-refractivity contribution in [2.75, 3.05) is 7.11 Å². The summed E-state index contributed by atoms with van der Waals surface area (Å²) in [6, 6.07) is 0. The Morgan fingerprint density at radius 2 is 0.608 bits per heavy atom. The van der Waals surface area contributed by atoms with Crippen LogP contribution in [0.15, 0.2) is 0 Å². The molecule has 0 aromatic heterocycles. The van der Waals surface area contributed by atoms with E-state index in [1.165, 1.54) is 0 Å². The van der Waals surface area contributed by atoms with Crippen molar-refractivity contribution in [1.82, 2.24) is 0 Å². The second kappa shape index (κ2) is 48.2. The molecule has 0 aliphatic carbocycles. The van der Waals surface area contributed by atoms with Gasteiger partial charge in [0, 0.05) is 26.6 Å². The average Bonchev–Trinajstić information content (AvgIpc) is 0.745. The molecule has 7 unspecified atom stereocenters. The lowest BCUT2D eigenvalue weighted by Crippen LogP contribution is -2.81. The molecule has 0 aliphatic heterocycles. The van der Waals surface area contributed by atoms with Crippen molar-refractivity contribution in [3.8, 4) is 0 Å². The second-order valence-corrected chi connectivity index (χ2v) is 135. The average molecular weight is 2190 g/mol. The van der Waals surface area contributed by atoms with Gasteiger partial charge in [0.15, 0.2) is 50.9 Å². The van der Waals surface area contributed by atoms with Gasteiger partial charge in [0.05, 0.1) is 8.31 Å². The molecule has 0 saturated carbocycles. The molecule has 7 atom stereocenters. The van der Waals surface area contributed by atoms with Crippen LogP contribution in [0.2, 0.25) is 38.4 Å². The van der Waals surface area contributed by atoms with Crippen LogP contribution in [0.5, 0.6) is 0 Å². The fourth-order valence-electron chi connectivity index (χ4n) is 8.85. The van der Waals surface area contributed by atoms with E-state index < -0.39 is 176 Å². The molecule has 0 aromatic carbocycles. The van der Waals surface area contributed by atoms with E-state index in [1.54, 1.807) is 20.2 Å². The molecule has 0 bridgehead atoms. The highest BCUT2D eigenvalue weighted by atomic mass is 30.0. The minimum absolute atomic E-state index is 0.115. The maximum atomic E-state index is 15.0. The number of hydrogen-bond donors (Lipinski definition) is 2. The summed E-state index contributed by atoms with van der Waals surface area (Å²) in [4.78, 5) is 23.1. The van der Waals surface area contributed by atoms with E-state index in [4.69, 9.17) is 170 Å². The minimum Gasteiger partial charge on any atom is -0.560 e. The lowest BCUT2D eigenvalue weighted by atomic mass is 11.8. The van der Waals surface area contributed by atoms with Crippen LogP contribution >= 0.6 is 0 Å². The van der Waals surface area contributed by atoms with E-state index in [-0.39, 0.29) is 267 Å². The van der Waals surface area contributed by atoms with E-state index in [1.807, 2.05) is 13.1 Å². The lowest BCUT2D eigenvalue weighted by Gasteiger charge is -2.49. The Balaban J connectivity index is 11.7. The molecule has 0 saturated heterocycles. The third kappa shape index (κ3) is 28.6. The molecule has 0 radical (unpaired) electrons. The highest BCUT2D eigenvalue weighted by molar-refractivity contribution is 7.86. The van der Waals surface area contributed by atoms with E-state index in [9.17, 15) is 9.59 Å². The van der Waals surface area contributed by atoms with Crippen molar-refractivity contribution >= 4 is 448 Å². The zero-order valence-electron chi connectivity index (χ0n) is 61.3. The van der Waals surface area contributed by atoms with Crippen molar-refractivity contribution in [1.29, 1.82) is 0 Å². The predicted molar refractivity (Wildman–Crippen MR) is 472 cm³/mol. The lowest BCUT2D eigenvalue weighted by molar-refractivity contribution is -0.240. The molecule has 0 aromatic rings. The van der Waals surface area contributed by atoms with Gasteiger partial charge in [-0.05, 0) is 25.3 Å². The van der Waals surface area contributed by atoms with Gasteiger partial charge in [0.2, 0.25) is 0 Å². The third-order valence-electron chi connectivity index (χ3n) is 13.5. The summed E-state index contributed by atoms with van der Waals surface area (Å²) in [6.07, 6.45) is 0. The summed E-state index contributed by atoms with van der Waals surface area (Å²) >= 11 is 0. The van der Waals surface area contributed by atoms with Crippen LogP contribution in [0.1, 0.15) is 0 Å². The molecule has 90 heteroatoms. The van der Waals surface area contributed by atoms with Crippen LogP contribution in [0.4, 0.5) is 0 Å². The van der Waals surface area contributed by atoms with Gasteiger partial charge in [0.25, 0.3) is 10.0 Å². The Morgan fingerprint density at radius 3 is 0.835 bits per heavy atom. The van der Waals surface area contributed by atoms with Gasteiger partial charge >= 0.3 is 118 Å². The smallest absolute Gasteiger partial charge is 0.560 e. The summed E-state index contributed by atoms with van der Waals surface area (Å²) in [7, 11) is -83.9. The van der Waals surface area contributed by atoms with Gasteiger partial charge in [-0.1, -0.05) is 13.1 Å². The minimum atomic E-state index is -6.77. The van der Waals surface area contributed by atoms with Gasteiger partial charge in [-0.15, -0.1) is 0 Å². The van der Waals surface area contributed by atoms with Crippen LogP contribution in [-0.4, -0.2) is 464 Å². The maximum Gasteiger partial charge on any atom is 0.740 e. The van der Waals surface area contributed by atoms with Crippen molar-refractivity contribution in [3.05, 3.63) is 0 Å². The van der Waals surface area contributed by atoms with E-state index in [0.29, 0.717) is 9.76 Å². The standard InChI is InChI=1S/C7H106O44Si46/c1-11-84(6,77)97(39-79-8,81(4)9)80(3)7-83(5,76)41-95(40-82(10)14-52,48-90(24-62,25-63)26-64)46-86(45-94(36-74,37-75)38-78-2,47-96(49-91(27-65,28-66)29-67,50-92(30-68,31-69)32-70)51-93(33-71,34-72)35-73)13-12-85(42-87(15-53,16-54)17-55,43-88(18-56,19-57)20-58)44-89(21-59,22-60)23-61/h8-9,80-81H,7,78-79H2,1-6,52-77H3. The first-order chi connectivity index (χ1) is 45.3. The van der Waals surface area contributed by atoms with Gasteiger partial charge in [-0.3, -0.25) is 4.46 Å². The normalized spacial score (nSPS) is 23.6. The first kappa shape index (κ1) is 105. The Hall–Kier alpha value is 7.74. The van der Waals surface area contributed by atoms with E-state index in [0.717, 1.165) is 0 Å². The molecule has 582 valence electrons. The summed E-state index contributed by atoms with van der Waals surface area (Å²) in [6.45, 7) is 6.17. The number of rotatable bonds is 61. The Morgan fingerprint density at radius 1 is 0.371 bits per heavy atom. The van der Waals surface area contributed by atoms with Gasteiger partial charge in [-0.2, -0.15) is 0 Å². The fraction of sp³-hybridized carbons (Fsp3) is 1.00. The van der Waals surface area contributed by atoms with Crippen LogP contribution in [0.3, 0.4) is 0 Å². The zero-order valence-corrected chi connectivity index (χ0v) is 134. The van der Waals surface area contributed by atoms with E-state index in [2.05, 4.69) is 6.55 Å². The largest absolute Gasteiger partial charge is 0.740 e. The topological polar surface area (TPSA) is 436 Å². The predicted octanol–water partition coefficient (Wildman–Crippen LogP) is -40.5. The molecule has 97 heavy (non-hydrogen) atoms. The highest BCUT2D eigenvalue weighted by Crippen LogP contribution is 2.40. The van der Waals surface area contributed by atoms with Gasteiger partial charge < -0.3 is 170 Å². The molecular formula is C7H106O44Si46. The molecule has 0 fully saturated rings. The van der Waals surface area contributed by atoms with Crippen molar-refractivity contribution in [3.63, 3.8) is 0 Å². The molecule has 0 rings (SSSR count). The third-order valence-corrected chi connectivity index (χ3v) is 178. The second-order valence-electron chi connectivity index (χ2n) is 19.3. The molecule has 2 N–H and O–H groups in total. The molecule has 0 amide bonds. The Kier molecular flexibility index (Phi) is 52.0. The summed E-state index contributed by atoms with van der Waals surface area (Å²) < 4.78 is 283. The molecule has 0 heterocycles. The van der Waals surface area contributed by atoms with Crippen LogP contribution in [0.25, 0.3) is 0 Å². The van der Waals surface area contributed by atoms with Crippen molar-refractivity contribution < 1.29 is 184 Å². The van der Waals surface area contributed by atoms with Crippen molar-refractivity contribution in [2.24, 2.45) is 0 Å². The molecule has 0 aliphatic rings. The number of hydrogen-bond acceptors (Lipinski definition) is 44. The molecular weight excluding hydrogens is 2080 g/mol. The molecule has 44 nitrogen and oxygen atoms in total. The maximum absolute atomic E-state index is 15.0. The van der Waals surface area contributed by atoms with Crippen LogP contribution < -0.4 is 0 Å². The van der Waals surface area contributed by atoms with Gasteiger partial charge in [0.1, 0.15) is 241 Å². The fourth-order valence-corrected chi connectivity index (χ4v) is 233. The quantitative estimate of drug-likeness (QED) is 0.0324. The monoisotopic (exact) mass is 2180 g/mol. The first-order valence-corrected chi connectivity index (χ1v) is 93.8. The Bertz CT molecular complexity index is 1990. The van der Waals surface area contributed by atoms with Crippen molar-refractivity contribution in [2.45, 2.75) is 38.4 Å². The van der Waals surface area contributed by atoms with Crippen LogP contribution in [-0.2, 0) is 174 Å². The van der Waals surface area contributed by atoms with Gasteiger partial charge in [-0.25, -0.2) is 9.15 Å². The Labute approximate surface area is 670 Å². The summed E-state index contributed by atoms with van der Waals surface area (Å²) in [5, 5.41) is 0. The van der Waals surface area contributed by atoms with E-state index >= 15 is 4.46 Å².